The molecule has 1 saturated carbocycles. The molecule has 20 heavy (non-hydrogen) atoms. The zero-order valence-corrected chi connectivity index (χ0v) is 12.1. The van der Waals surface area contributed by atoms with Gasteiger partial charge in [0.15, 0.2) is 0 Å². The summed E-state index contributed by atoms with van der Waals surface area (Å²) >= 11 is 0. The lowest BCUT2D eigenvalue weighted by Gasteiger charge is -2.41. The number of piperidine rings is 1. The molecule has 0 radical (unpaired) electrons. The number of likely N-dealkylation sites (tertiary alicyclic amines) is 1. The minimum Gasteiger partial charge on any atom is -0.480 e. The Morgan fingerprint density at radius 1 is 1.35 bits per heavy atom. The molecular formula is C14H24N2O4. The molecule has 0 atom stereocenters. The smallest absolute Gasteiger partial charge is 0.317 e. The number of hydrogen-bond acceptors (Lipinski definition) is 4. The zero-order valence-electron chi connectivity index (χ0n) is 12.1. The lowest BCUT2D eigenvalue weighted by Crippen LogP contribution is -2.53. The molecule has 0 bridgehead atoms. The molecule has 6 heteroatoms. The molecule has 2 aliphatic rings. The van der Waals surface area contributed by atoms with Gasteiger partial charge in [-0.2, -0.15) is 0 Å². The lowest BCUT2D eigenvalue weighted by molar-refractivity contribution is -0.142. The second-order valence-corrected chi connectivity index (χ2v) is 5.98. The van der Waals surface area contributed by atoms with E-state index in [-0.39, 0.29) is 23.9 Å². The molecule has 1 amide bonds. The molecule has 0 aromatic rings. The van der Waals surface area contributed by atoms with Crippen LogP contribution >= 0.6 is 0 Å². The van der Waals surface area contributed by atoms with E-state index in [0.29, 0.717) is 6.61 Å². The molecule has 2 rings (SSSR count). The average molecular weight is 284 g/mol. The molecule has 0 aromatic heterocycles. The fourth-order valence-corrected chi connectivity index (χ4v) is 3.08. The van der Waals surface area contributed by atoms with Crippen LogP contribution in [-0.4, -0.2) is 61.3 Å². The van der Waals surface area contributed by atoms with Gasteiger partial charge in [-0.1, -0.05) is 6.42 Å². The molecule has 2 N–H and O–H groups in total. The van der Waals surface area contributed by atoms with E-state index in [1.807, 2.05) is 4.90 Å². The summed E-state index contributed by atoms with van der Waals surface area (Å²) in [4.78, 5) is 24.9. The Labute approximate surface area is 119 Å². The normalized spacial score (nSPS) is 23.1. The second-order valence-electron chi connectivity index (χ2n) is 5.98. The monoisotopic (exact) mass is 284 g/mol. The number of rotatable bonds is 6. The summed E-state index contributed by atoms with van der Waals surface area (Å²) in [5, 5.41) is 11.9. The fraction of sp³-hybridized carbons (Fsp3) is 0.857. The van der Waals surface area contributed by atoms with Crippen molar-refractivity contribution in [1.29, 1.82) is 0 Å². The Balaban J connectivity index is 1.77. The second kappa shape index (κ2) is 6.54. The van der Waals surface area contributed by atoms with Crippen LogP contribution in [0.3, 0.4) is 0 Å². The fourth-order valence-electron chi connectivity index (χ4n) is 3.08. The third kappa shape index (κ3) is 3.49. The number of ether oxygens (including phenoxy) is 1. The van der Waals surface area contributed by atoms with E-state index in [1.165, 1.54) is 0 Å². The molecule has 0 aromatic carbocycles. The van der Waals surface area contributed by atoms with Gasteiger partial charge in [0, 0.05) is 26.2 Å². The number of nitrogens with zero attached hydrogens (tertiary/aromatic N) is 1. The van der Waals surface area contributed by atoms with E-state index < -0.39 is 5.97 Å². The van der Waals surface area contributed by atoms with Gasteiger partial charge in [0.05, 0.1) is 18.6 Å². The van der Waals surface area contributed by atoms with Crippen LogP contribution in [0.5, 0.6) is 0 Å². The first-order valence-electron chi connectivity index (χ1n) is 7.30. The third-order valence-corrected chi connectivity index (χ3v) is 4.49. The largest absolute Gasteiger partial charge is 0.480 e. The van der Waals surface area contributed by atoms with Crippen LogP contribution in [0, 0.1) is 5.41 Å². The van der Waals surface area contributed by atoms with E-state index in [2.05, 4.69) is 5.32 Å². The summed E-state index contributed by atoms with van der Waals surface area (Å²) in [6.07, 6.45) is 4.55. The van der Waals surface area contributed by atoms with Crippen molar-refractivity contribution < 1.29 is 19.4 Å². The van der Waals surface area contributed by atoms with Crippen molar-refractivity contribution in [2.45, 2.75) is 38.1 Å². The molecule has 114 valence electrons. The number of carbonyl (C=O) groups excluding carboxylic acids is 1. The zero-order chi connectivity index (χ0) is 14.6. The molecule has 1 saturated heterocycles. The number of carboxylic acid groups (broad SMARTS) is 1. The third-order valence-electron chi connectivity index (χ3n) is 4.49. The molecule has 6 nitrogen and oxygen atoms in total. The number of carboxylic acids is 1. The van der Waals surface area contributed by atoms with Crippen LogP contribution in [0.15, 0.2) is 0 Å². The maximum absolute atomic E-state index is 12.4. The van der Waals surface area contributed by atoms with E-state index in [9.17, 15) is 9.59 Å². The number of methoxy groups -OCH3 is 1. The van der Waals surface area contributed by atoms with Gasteiger partial charge in [-0.25, -0.2) is 0 Å². The number of nitrogens with one attached hydrogen (secondary N) is 1. The standard InChI is InChI=1S/C14H24N2O4/c1-20-10-14(5-2-6-14)13(19)15-11-3-7-16(8-4-11)9-12(17)18/h11H,2-10H2,1H3,(H,15,19)(H,17,18). The molecular weight excluding hydrogens is 260 g/mol. The molecule has 2 fully saturated rings. The highest BCUT2D eigenvalue weighted by Gasteiger charge is 2.44. The lowest BCUT2D eigenvalue weighted by atomic mass is 9.68. The number of carbonyl (C=O) groups is 2. The van der Waals surface area contributed by atoms with Crippen LogP contribution in [0.4, 0.5) is 0 Å². The molecule has 1 aliphatic carbocycles. The van der Waals surface area contributed by atoms with E-state index in [1.54, 1.807) is 7.11 Å². The van der Waals surface area contributed by atoms with Gasteiger partial charge < -0.3 is 15.2 Å². The Kier molecular flexibility index (Phi) is 4.99. The molecule has 0 spiro atoms. The average Bonchev–Trinajstić information content (AvgIpc) is 2.35. The number of hydrogen-bond donors (Lipinski definition) is 2. The van der Waals surface area contributed by atoms with Gasteiger partial charge in [-0.3, -0.25) is 14.5 Å². The first-order valence-corrected chi connectivity index (χ1v) is 7.30. The minimum atomic E-state index is -0.791. The van der Waals surface area contributed by atoms with Crippen LogP contribution in [0.2, 0.25) is 0 Å². The first-order chi connectivity index (χ1) is 9.55. The molecule has 1 heterocycles. The van der Waals surface area contributed by atoms with Crippen LogP contribution < -0.4 is 5.32 Å². The highest BCUT2D eigenvalue weighted by atomic mass is 16.5. The van der Waals surface area contributed by atoms with Gasteiger partial charge >= 0.3 is 5.97 Å². The van der Waals surface area contributed by atoms with Crippen molar-refractivity contribution in [3.63, 3.8) is 0 Å². The maximum atomic E-state index is 12.4. The van der Waals surface area contributed by atoms with Crippen molar-refractivity contribution in [3.8, 4) is 0 Å². The van der Waals surface area contributed by atoms with E-state index in [4.69, 9.17) is 9.84 Å². The Bertz CT molecular complexity index is 360. The maximum Gasteiger partial charge on any atom is 0.317 e. The van der Waals surface area contributed by atoms with Gasteiger partial charge in [0.2, 0.25) is 5.91 Å². The highest BCUT2D eigenvalue weighted by molar-refractivity contribution is 5.84. The molecule has 1 aliphatic heterocycles. The molecule has 0 unspecified atom stereocenters. The Morgan fingerprint density at radius 3 is 2.45 bits per heavy atom. The Hall–Kier alpha value is -1.14. The van der Waals surface area contributed by atoms with Gasteiger partial charge in [-0.05, 0) is 25.7 Å². The predicted octanol–water partition coefficient (Wildman–Crippen LogP) is 0.468. The van der Waals surface area contributed by atoms with Crippen molar-refractivity contribution in [2.24, 2.45) is 5.41 Å². The summed E-state index contributed by atoms with van der Waals surface area (Å²) in [7, 11) is 1.64. The number of amides is 1. The van der Waals surface area contributed by atoms with Crippen LogP contribution in [-0.2, 0) is 14.3 Å². The predicted molar refractivity (Wildman–Crippen MR) is 73.4 cm³/mol. The van der Waals surface area contributed by atoms with Crippen molar-refractivity contribution in [1.82, 2.24) is 10.2 Å². The highest BCUT2D eigenvalue weighted by Crippen LogP contribution is 2.41. The summed E-state index contributed by atoms with van der Waals surface area (Å²) in [5.41, 5.74) is -0.313. The van der Waals surface area contributed by atoms with Gasteiger partial charge in [-0.15, -0.1) is 0 Å². The first kappa shape index (κ1) is 15.3. The van der Waals surface area contributed by atoms with Crippen molar-refractivity contribution in [3.05, 3.63) is 0 Å². The SMILES string of the molecule is COCC1(C(=O)NC2CCN(CC(=O)O)CC2)CCC1. The van der Waals surface area contributed by atoms with Gasteiger partial charge in [0.25, 0.3) is 0 Å². The quantitative estimate of drug-likeness (QED) is 0.741. The van der Waals surface area contributed by atoms with Crippen molar-refractivity contribution in [2.75, 3.05) is 33.4 Å². The Morgan fingerprint density at radius 2 is 2.00 bits per heavy atom. The minimum absolute atomic E-state index is 0.0915. The summed E-state index contributed by atoms with van der Waals surface area (Å²) in [5.74, 6) is -0.678. The van der Waals surface area contributed by atoms with Crippen LogP contribution in [0.1, 0.15) is 32.1 Å². The summed E-state index contributed by atoms with van der Waals surface area (Å²) in [6, 6.07) is 0.168. The van der Waals surface area contributed by atoms with Gasteiger partial charge in [0.1, 0.15) is 0 Å². The summed E-state index contributed by atoms with van der Waals surface area (Å²) in [6.45, 7) is 2.05. The van der Waals surface area contributed by atoms with E-state index in [0.717, 1.165) is 45.2 Å². The van der Waals surface area contributed by atoms with Crippen LogP contribution in [0.25, 0.3) is 0 Å². The van der Waals surface area contributed by atoms with E-state index >= 15 is 0 Å². The summed E-state index contributed by atoms with van der Waals surface area (Å²) < 4.78 is 5.19. The topological polar surface area (TPSA) is 78.9 Å². The van der Waals surface area contributed by atoms with Crippen molar-refractivity contribution >= 4 is 11.9 Å². The number of aliphatic carboxylic acids is 1.